The zero-order chi connectivity index (χ0) is 19.2. The Bertz CT molecular complexity index is 1160. The first kappa shape index (κ1) is 18.2. The van der Waals surface area contributed by atoms with Crippen LogP contribution in [0.2, 0.25) is 5.02 Å². The topological polar surface area (TPSA) is 63.2 Å². The van der Waals surface area contributed by atoms with E-state index in [0.29, 0.717) is 38.4 Å². The highest BCUT2D eigenvalue weighted by atomic mass is 35.5. The number of fused-ring (bicyclic) bond motifs is 3. The molecule has 2 aromatic carbocycles. The van der Waals surface area contributed by atoms with E-state index in [1.807, 2.05) is 0 Å². The summed E-state index contributed by atoms with van der Waals surface area (Å²) in [5.41, 5.74) is 1.94. The van der Waals surface area contributed by atoms with E-state index in [2.05, 4.69) is 9.97 Å². The SMILES string of the molecule is CN1c2ccc(Cl)cc2-c2nc(SCc3ccccc3F)ncc2S1(=O)=O. The third-order valence-electron chi connectivity index (χ3n) is 4.24. The Morgan fingerprint density at radius 1 is 1.22 bits per heavy atom. The maximum absolute atomic E-state index is 13.8. The lowest BCUT2D eigenvalue weighted by atomic mass is 10.1. The van der Waals surface area contributed by atoms with Crippen LogP contribution in [0.3, 0.4) is 0 Å². The Hall–Kier alpha value is -2.16. The number of nitrogens with zero attached hydrogens (tertiary/aromatic N) is 3. The molecule has 0 unspecified atom stereocenters. The number of benzene rings is 2. The number of rotatable bonds is 3. The van der Waals surface area contributed by atoms with Crippen LogP contribution >= 0.6 is 23.4 Å². The Morgan fingerprint density at radius 2 is 2.00 bits per heavy atom. The van der Waals surface area contributed by atoms with Crippen LogP contribution in [0.5, 0.6) is 0 Å². The molecule has 0 aliphatic carbocycles. The van der Waals surface area contributed by atoms with Crippen molar-refractivity contribution >= 4 is 39.1 Å². The lowest BCUT2D eigenvalue weighted by Gasteiger charge is -2.28. The van der Waals surface area contributed by atoms with Crippen molar-refractivity contribution in [2.24, 2.45) is 0 Å². The normalized spacial score (nSPS) is 14.6. The summed E-state index contributed by atoms with van der Waals surface area (Å²) in [5.74, 6) is 0.0323. The molecule has 0 fully saturated rings. The van der Waals surface area contributed by atoms with Gasteiger partial charge in [-0.2, -0.15) is 0 Å². The quantitative estimate of drug-likeness (QED) is 0.464. The van der Waals surface area contributed by atoms with Crippen molar-refractivity contribution < 1.29 is 12.8 Å². The second kappa shape index (κ2) is 6.78. The molecule has 0 atom stereocenters. The van der Waals surface area contributed by atoms with E-state index >= 15 is 0 Å². The Kier molecular flexibility index (Phi) is 4.57. The number of halogens is 2. The smallest absolute Gasteiger partial charge is 0.267 e. The summed E-state index contributed by atoms with van der Waals surface area (Å²) in [7, 11) is -2.26. The summed E-state index contributed by atoms with van der Waals surface area (Å²) in [4.78, 5) is 8.61. The molecule has 27 heavy (non-hydrogen) atoms. The van der Waals surface area contributed by atoms with Gasteiger partial charge in [0, 0.05) is 23.4 Å². The van der Waals surface area contributed by atoms with E-state index in [4.69, 9.17) is 11.6 Å². The van der Waals surface area contributed by atoms with Gasteiger partial charge >= 0.3 is 0 Å². The fourth-order valence-corrected chi connectivity index (χ4v) is 5.09. The van der Waals surface area contributed by atoms with E-state index < -0.39 is 10.0 Å². The molecule has 9 heteroatoms. The number of hydrogen-bond donors (Lipinski definition) is 0. The minimum atomic E-state index is -3.74. The number of thioether (sulfide) groups is 1. The lowest BCUT2D eigenvalue weighted by molar-refractivity contribution is 0.592. The summed E-state index contributed by atoms with van der Waals surface area (Å²) in [6, 6.07) is 11.4. The van der Waals surface area contributed by atoms with E-state index in [0.717, 1.165) is 0 Å². The van der Waals surface area contributed by atoms with Crippen molar-refractivity contribution in [1.82, 2.24) is 9.97 Å². The van der Waals surface area contributed by atoms with Crippen LogP contribution in [0, 0.1) is 5.82 Å². The van der Waals surface area contributed by atoms with Gasteiger partial charge in [0.1, 0.15) is 10.7 Å². The zero-order valence-corrected chi connectivity index (χ0v) is 16.4. The van der Waals surface area contributed by atoms with Crippen LogP contribution in [0.15, 0.2) is 58.7 Å². The van der Waals surface area contributed by atoms with Gasteiger partial charge in [-0.05, 0) is 29.8 Å². The van der Waals surface area contributed by atoms with E-state index in [9.17, 15) is 12.8 Å². The van der Waals surface area contributed by atoms with Crippen LogP contribution in [0.4, 0.5) is 10.1 Å². The average molecular weight is 422 g/mol. The number of hydrogen-bond acceptors (Lipinski definition) is 5. The van der Waals surface area contributed by atoms with Crippen molar-refractivity contribution in [1.29, 1.82) is 0 Å². The molecule has 0 saturated carbocycles. The Labute approximate surface area is 165 Å². The molecular weight excluding hydrogens is 409 g/mol. The van der Waals surface area contributed by atoms with Crippen molar-refractivity contribution in [3.8, 4) is 11.3 Å². The van der Waals surface area contributed by atoms with Gasteiger partial charge in [-0.25, -0.2) is 22.8 Å². The van der Waals surface area contributed by atoms with Crippen molar-refractivity contribution in [2.75, 3.05) is 11.4 Å². The van der Waals surface area contributed by atoms with E-state index in [1.165, 1.54) is 35.4 Å². The summed E-state index contributed by atoms with van der Waals surface area (Å²) in [6.07, 6.45) is 1.29. The van der Waals surface area contributed by atoms with Gasteiger partial charge in [0.25, 0.3) is 10.0 Å². The molecule has 138 valence electrons. The largest absolute Gasteiger partial charge is 0.269 e. The van der Waals surface area contributed by atoms with Gasteiger partial charge in [0.05, 0.1) is 17.6 Å². The van der Waals surface area contributed by atoms with E-state index in [1.54, 1.807) is 36.4 Å². The second-order valence-electron chi connectivity index (χ2n) is 5.88. The molecule has 4 rings (SSSR count). The predicted molar refractivity (Wildman–Crippen MR) is 104 cm³/mol. The van der Waals surface area contributed by atoms with Crippen molar-refractivity contribution in [3.63, 3.8) is 0 Å². The fourth-order valence-electron chi connectivity index (χ4n) is 2.81. The molecular formula is C18H13ClFN3O2S2. The van der Waals surface area contributed by atoms with Gasteiger partial charge in [0.15, 0.2) is 5.16 Å². The second-order valence-corrected chi connectivity index (χ2v) is 9.20. The van der Waals surface area contributed by atoms with Crippen molar-refractivity contribution in [2.45, 2.75) is 15.8 Å². The van der Waals surface area contributed by atoms with E-state index in [-0.39, 0.29) is 10.7 Å². The minimum absolute atomic E-state index is 0.0232. The molecule has 0 radical (unpaired) electrons. The van der Waals surface area contributed by atoms with Crippen LogP contribution in [-0.2, 0) is 15.8 Å². The van der Waals surface area contributed by atoms with Crippen LogP contribution in [-0.4, -0.2) is 25.4 Å². The van der Waals surface area contributed by atoms with Crippen LogP contribution in [0.1, 0.15) is 5.56 Å². The molecule has 0 N–H and O–H groups in total. The summed E-state index contributed by atoms with van der Waals surface area (Å²) in [6.45, 7) is 0. The van der Waals surface area contributed by atoms with Gasteiger partial charge in [-0.3, -0.25) is 4.31 Å². The molecule has 1 aromatic heterocycles. The number of anilines is 1. The first-order valence-electron chi connectivity index (χ1n) is 7.90. The Morgan fingerprint density at radius 3 is 2.78 bits per heavy atom. The third kappa shape index (κ3) is 3.18. The maximum Gasteiger partial charge on any atom is 0.267 e. The molecule has 3 aromatic rings. The first-order valence-corrected chi connectivity index (χ1v) is 10.7. The third-order valence-corrected chi connectivity index (χ3v) is 7.16. The van der Waals surface area contributed by atoms with Crippen LogP contribution < -0.4 is 4.31 Å². The zero-order valence-electron chi connectivity index (χ0n) is 14.1. The van der Waals surface area contributed by atoms with Gasteiger partial charge in [-0.1, -0.05) is 41.6 Å². The fraction of sp³-hybridized carbons (Fsp3) is 0.111. The summed E-state index contributed by atoms with van der Waals surface area (Å²) in [5, 5.41) is 0.842. The minimum Gasteiger partial charge on any atom is -0.269 e. The highest BCUT2D eigenvalue weighted by Crippen LogP contribution is 2.42. The number of sulfonamides is 1. The molecule has 0 saturated heterocycles. The molecule has 0 spiro atoms. The monoisotopic (exact) mass is 421 g/mol. The molecule has 0 bridgehead atoms. The summed E-state index contributed by atoms with van der Waals surface area (Å²) < 4.78 is 40.5. The highest BCUT2D eigenvalue weighted by molar-refractivity contribution is 7.98. The molecule has 1 aliphatic heterocycles. The molecule has 1 aliphatic rings. The predicted octanol–water partition coefficient (Wildman–Crippen LogP) is 4.37. The van der Waals surface area contributed by atoms with Gasteiger partial charge < -0.3 is 0 Å². The number of aromatic nitrogens is 2. The van der Waals surface area contributed by atoms with Gasteiger partial charge in [0.2, 0.25) is 0 Å². The molecule has 5 nitrogen and oxygen atoms in total. The highest BCUT2D eigenvalue weighted by Gasteiger charge is 2.34. The Balaban J connectivity index is 1.76. The maximum atomic E-state index is 13.8. The standard InChI is InChI=1S/C18H13ClFN3O2S2/c1-23-15-7-6-12(19)8-13(15)17-16(27(23,24)25)9-21-18(22-17)26-10-11-4-2-3-5-14(11)20/h2-9H,10H2,1H3. The van der Waals surface area contributed by atoms with Crippen LogP contribution in [0.25, 0.3) is 11.3 Å². The molecule has 0 amide bonds. The average Bonchev–Trinajstić information content (AvgIpc) is 2.65. The van der Waals surface area contributed by atoms with Gasteiger partial charge in [-0.15, -0.1) is 0 Å². The van der Waals surface area contributed by atoms with Crippen molar-refractivity contribution in [3.05, 3.63) is 65.1 Å². The lowest BCUT2D eigenvalue weighted by Crippen LogP contribution is -2.31. The molecule has 2 heterocycles. The first-order chi connectivity index (χ1) is 12.9. The summed E-state index contributed by atoms with van der Waals surface area (Å²) >= 11 is 7.34.